The van der Waals surface area contributed by atoms with Crippen molar-refractivity contribution in [2.24, 2.45) is 0 Å². The third kappa shape index (κ3) is 6.94. The normalized spacial score (nSPS) is 15.0. The summed E-state index contributed by atoms with van der Waals surface area (Å²) in [7, 11) is 0. The predicted octanol–water partition coefficient (Wildman–Crippen LogP) is 7.48. The molecule has 0 saturated carbocycles. The van der Waals surface area contributed by atoms with E-state index in [9.17, 15) is 9.59 Å². The van der Waals surface area contributed by atoms with Gasteiger partial charge in [0.25, 0.3) is 5.91 Å². The molecule has 3 aromatic carbocycles. The number of thioether (sulfide) groups is 1. The number of thiocarbonyl (C=S) groups is 1. The van der Waals surface area contributed by atoms with Gasteiger partial charge in [0.15, 0.2) is 17.5 Å². The van der Waals surface area contributed by atoms with Gasteiger partial charge in [0.1, 0.15) is 10.9 Å². The van der Waals surface area contributed by atoms with Crippen LogP contribution >= 0.6 is 47.2 Å². The third-order valence-electron chi connectivity index (χ3n) is 5.67. The van der Waals surface area contributed by atoms with E-state index < -0.39 is 12.0 Å². The van der Waals surface area contributed by atoms with E-state index in [0.717, 1.165) is 17.3 Å². The Morgan fingerprint density at radius 1 is 1.00 bits per heavy atom. The van der Waals surface area contributed by atoms with E-state index in [1.165, 1.54) is 4.90 Å². The standard InChI is InChI=1S/C29H25Cl2NO5S2/c1-3-35-24-14-18(10-13-23(24)37-17-20-11-12-21(30)16-22(20)31)15-25-27(33)32(29(38)39-25)26(28(34)36-4-2)19-8-6-5-7-9-19/h5-16,26H,3-4,17H2,1-2H3/b25-15-. The lowest BCUT2D eigenvalue weighted by Crippen LogP contribution is -2.38. The summed E-state index contributed by atoms with van der Waals surface area (Å²) in [6.07, 6.45) is 1.72. The molecule has 0 bridgehead atoms. The number of ether oxygens (including phenoxy) is 3. The van der Waals surface area contributed by atoms with Gasteiger partial charge in [-0.05, 0) is 55.3 Å². The number of hydrogen-bond donors (Lipinski definition) is 0. The number of amides is 1. The van der Waals surface area contributed by atoms with E-state index in [1.54, 1.807) is 67.6 Å². The summed E-state index contributed by atoms with van der Waals surface area (Å²) >= 11 is 18.9. The van der Waals surface area contributed by atoms with Crippen LogP contribution in [0.5, 0.6) is 11.5 Å². The zero-order chi connectivity index (χ0) is 27.9. The maximum Gasteiger partial charge on any atom is 0.333 e. The van der Waals surface area contributed by atoms with Crippen molar-refractivity contribution in [2.75, 3.05) is 13.2 Å². The molecular weight excluding hydrogens is 577 g/mol. The van der Waals surface area contributed by atoms with Crippen LogP contribution in [0.3, 0.4) is 0 Å². The number of carbonyl (C=O) groups excluding carboxylic acids is 2. The second-order valence-corrected chi connectivity index (χ2v) is 10.8. The summed E-state index contributed by atoms with van der Waals surface area (Å²) in [4.78, 5) is 28.1. The van der Waals surface area contributed by atoms with Crippen molar-refractivity contribution < 1.29 is 23.8 Å². The fraction of sp³-hybridized carbons (Fsp3) is 0.207. The van der Waals surface area contributed by atoms with Gasteiger partial charge in [-0.1, -0.05) is 89.6 Å². The molecule has 1 atom stereocenters. The SMILES string of the molecule is CCOC(=O)C(c1ccccc1)N1C(=O)/C(=C/c2ccc(OCc3ccc(Cl)cc3Cl)c(OCC)c2)SC1=S. The van der Waals surface area contributed by atoms with Gasteiger partial charge < -0.3 is 14.2 Å². The summed E-state index contributed by atoms with van der Waals surface area (Å²) in [5.41, 5.74) is 2.11. The molecule has 4 rings (SSSR count). The van der Waals surface area contributed by atoms with Crippen LogP contribution in [0.25, 0.3) is 6.08 Å². The van der Waals surface area contributed by atoms with Crippen molar-refractivity contribution in [2.45, 2.75) is 26.5 Å². The summed E-state index contributed by atoms with van der Waals surface area (Å²) in [5.74, 6) is 0.129. The highest BCUT2D eigenvalue weighted by atomic mass is 35.5. The smallest absolute Gasteiger partial charge is 0.333 e. The molecule has 0 radical (unpaired) electrons. The summed E-state index contributed by atoms with van der Waals surface area (Å²) in [6.45, 7) is 4.42. The molecule has 39 heavy (non-hydrogen) atoms. The number of halogens is 2. The first-order valence-electron chi connectivity index (χ1n) is 12.1. The zero-order valence-electron chi connectivity index (χ0n) is 21.2. The van der Waals surface area contributed by atoms with Crippen molar-refractivity contribution in [1.82, 2.24) is 4.90 Å². The molecule has 1 amide bonds. The van der Waals surface area contributed by atoms with E-state index in [4.69, 9.17) is 49.6 Å². The van der Waals surface area contributed by atoms with Gasteiger partial charge in [-0.2, -0.15) is 0 Å². The molecule has 1 unspecified atom stereocenters. The second-order valence-electron chi connectivity index (χ2n) is 8.28. The molecule has 0 aromatic heterocycles. The average Bonchev–Trinajstić information content (AvgIpc) is 3.18. The van der Waals surface area contributed by atoms with Crippen LogP contribution in [-0.2, 0) is 20.9 Å². The van der Waals surface area contributed by atoms with Crippen LogP contribution in [0.2, 0.25) is 10.0 Å². The predicted molar refractivity (Wildman–Crippen MR) is 159 cm³/mol. The molecular formula is C29H25Cl2NO5S2. The molecule has 1 aliphatic rings. The third-order valence-corrected chi connectivity index (χ3v) is 7.59. The fourth-order valence-corrected chi connectivity index (χ4v) is 5.67. The Labute approximate surface area is 246 Å². The van der Waals surface area contributed by atoms with Crippen LogP contribution in [-0.4, -0.2) is 34.3 Å². The quantitative estimate of drug-likeness (QED) is 0.135. The number of rotatable bonds is 10. The van der Waals surface area contributed by atoms with Crippen molar-refractivity contribution >= 4 is 69.5 Å². The monoisotopic (exact) mass is 601 g/mol. The van der Waals surface area contributed by atoms with E-state index in [-0.39, 0.29) is 23.4 Å². The lowest BCUT2D eigenvalue weighted by Gasteiger charge is -2.25. The minimum absolute atomic E-state index is 0.186. The van der Waals surface area contributed by atoms with Gasteiger partial charge in [0, 0.05) is 15.6 Å². The van der Waals surface area contributed by atoms with Gasteiger partial charge in [-0.15, -0.1) is 0 Å². The maximum atomic E-state index is 13.5. The molecule has 0 spiro atoms. The van der Waals surface area contributed by atoms with Crippen molar-refractivity contribution in [3.8, 4) is 11.5 Å². The van der Waals surface area contributed by atoms with E-state index in [1.807, 2.05) is 19.1 Å². The number of esters is 1. The molecule has 202 valence electrons. The summed E-state index contributed by atoms with van der Waals surface area (Å²) < 4.78 is 17.3. The van der Waals surface area contributed by atoms with Crippen LogP contribution in [0.15, 0.2) is 71.6 Å². The first-order chi connectivity index (χ1) is 18.8. The molecule has 1 fully saturated rings. The molecule has 6 nitrogen and oxygen atoms in total. The first kappa shape index (κ1) is 29.0. The minimum Gasteiger partial charge on any atom is -0.490 e. The highest BCUT2D eigenvalue weighted by Gasteiger charge is 2.42. The van der Waals surface area contributed by atoms with Gasteiger partial charge in [0.05, 0.1) is 18.1 Å². The molecule has 1 saturated heterocycles. The Kier molecular flexibility index (Phi) is 9.91. The van der Waals surface area contributed by atoms with E-state index in [2.05, 4.69) is 0 Å². The Hall–Kier alpha value is -3.04. The lowest BCUT2D eigenvalue weighted by atomic mass is 10.1. The summed E-state index contributed by atoms with van der Waals surface area (Å²) in [6, 6.07) is 18.6. The number of nitrogens with zero attached hydrogens (tertiary/aromatic N) is 1. The van der Waals surface area contributed by atoms with Gasteiger partial charge in [-0.25, -0.2) is 4.79 Å². The van der Waals surface area contributed by atoms with E-state index in [0.29, 0.717) is 44.2 Å². The van der Waals surface area contributed by atoms with Gasteiger partial charge >= 0.3 is 5.97 Å². The maximum absolute atomic E-state index is 13.5. The zero-order valence-corrected chi connectivity index (χ0v) is 24.3. The molecule has 10 heteroatoms. The van der Waals surface area contributed by atoms with Crippen LogP contribution in [0.1, 0.15) is 36.6 Å². The van der Waals surface area contributed by atoms with Crippen molar-refractivity contribution in [3.63, 3.8) is 0 Å². The van der Waals surface area contributed by atoms with Gasteiger partial charge in [-0.3, -0.25) is 9.69 Å². The van der Waals surface area contributed by atoms with E-state index >= 15 is 0 Å². The highest BCUT2D eigenvalue weighted by Crippen LogP contribution is 2.40. The van der Waals surface area contributed by atoms with Crippen LogP contribution in [0.4, 0.5) is 0 Å². The topological polar surface area (TPSA) is 65.1 Å². The Morgan fingerprint density at radius 3 is 2.46 bits per heavy atom. The molecule has 1 heterocycles. The van der Waals surface area contributed by atoms with Crippen LogP contribution in [0, 0.1) is 0 Å². The van der Waals surface area contributed by atoms with Gasteiger partial charge in [0.2, 0.25) is 0 Å². The molecule has 3 aromatic rings. The fourth-order valence-electron chi connectivity index (χ4n) is 3.90. The number of benzene rings is 3. The largest absolute Gasteiger partial charge is 0.490 e. The number of hydrogen-bond acceptors (Lipinski definition) is 7. The Morgan fingerprint density at radius 2 is 1.77 bits per heavy atom. The minimum atomic E-state index is -0.973. The molecule has 0 aliphatic carbocycles. The number of carbonyl (C=O) groups is 2. The van der Waals surface area contributed by atoms with Crippen molar-refractivity contribution in [3.05, 3.63) is 98.4 Å². The lowest BCUT2D eigenvalue weighted by molar-refractivity contribution is -0.151. The average molecular weight is 603 g/mol. The second kappa shape index (κ2) is 13.3. The van der Waals surface area contributed by atoms with Crippen LogP contribution < -0.4 is 9.47 Å². The summed E-state index contributed by atoms with van der Waals surface area (Å²) in [5, 5.41) is 1.06. The Balaban J connectivity index is 1.58. The van der Waals surface area contributed by atoms with Crippen molar-refractivity contribution in [1.29, 1.82) is 0 Å². The first-order valence-corrected chi connectivity index (χ1v) is 14.1. The highest BCUT2D eigenvalue weighted by molar-refractivity contribution is 8.26. The Bertz CT molecular complexity index is 1410. The molecule has 0 N–H and O–H groups in total. The molecule has 1 aliphatic heterocycles.